The van der Waals surface area contributed by atoms with Gasteiger partial charge in [-0.3, -0.25) is 4.68 Å². The summed E-state index contributed by atoms with van der Waals surface area (Å²) >= 11 is 3.46. The zero-order valence-electron chi connectivity index (χ0n) is 19.8. The summed E-state index contributed by atoms with van der Waals surface area (Å²) < 4.78 is 15.9. The van der Waals surface area contributed by atoms with Gasteiger partial charge >= 0.3 is 0 Å². The fraction of sp³-hybridized carbons (Fsp3) is 0.423. The van der Waals surface area contributed by atoms with Gasteiger partial charge in [-0.05, 0) is 43.8 Å². The van der Waals surface area contributed by atoms with Crippen LogP contribution in [0.25, 0.3) is 0 Å². The smallest absolute Gasteiger partial charge is 0.261 e. The molecule has 0 saturated carbocycles. The SMILES string of the molecule is CC(C)(C)[Si](OCCOCC[C@@H]1Cn2nc(Br)cc2CN1)(c1ccccc1)c1ccccc1. The Labute approximate surface area is 206 Å². The summed E-state index contributed by atoms with van der Waals surface area (Å²) in [5.41, 5.74) is 1.22. The maximum atomic E-state index is 6.89. The Hall–Kier alpha value is -1.77. The molecule has 5 nitrogen and oxygen atoms in total. The van der Waals surface area contributed by atoms with Gasteiger partial charge in [-0.2, -0.15) is 5.10 Å². The molecule has 0 bridgehead atoms. The van der Waals surface area contributed by atoms with E-state index in [2.05, 4.69) is 119 Å². The van der Waals surface area contributed by atoms with Crippen LogP contribution in [-0.2, 0) is 22.3 Å². The third-order valence-electron chi connectivity index (χ3n) is 6.37. The molecule has 0 spiro atoms. The highest BCUT2D eigenvalue weighted by atomic mass is 79.9. The molecule has 1 atom stereocenters. The summed E-state index contributed by atoms with van der Waals surface area (Å²) in [6, 6.07) is 24.0. The molecule has 1 aliphatic rings. The molecule has 33 heavy (non-hydrogen) atoms. The number of nitrogens with one attached hydrogen (secondary N) is 1. The van der Waals surface area contributed by atoms with Crippen molar-refractivity contribution in [1.29, 1.82) is 0 Å². The monoisotopic (exact) mass is 527 g/mol. The number of hydrogen-bond donors (Lipinski definition) is 1. The molecule has 1 aromatic heterocycles. The second-order valence-corrected chi connectivity index (χ2v) is 14.7. The Bertz CT molecular complexity index is 982. The molecule has 4 rings (SSSR count). The first-order valence-corrected chi connectivity index (χ1v) is 14.4. The number of rotatable bonds is 9. The van der Waals surface area contributed by atoms with Gasteiger partial charge in [0.05, 0.1) is 25.5 Å². The molecule has 0 radical (unpaired) electrons. The number of aromatic nitrogens is 2. The lowest BCUT2D eigenvalue weighted by Gasteiger charge is -2.43. The third-order valence-corrected chi connectivity index (χ3v) is 11.8. The van der Waals surface area contributed by atoms with Gasteiger partial charge < -0.3 is 14.5 Å². The lowest BCUT2D eigenvalue weighted by Crippen LogP contribution is -2.66. The molecule has 1 aliphatic heterocycles. The zero-order valence-corrected chi connectivity index (χ0v) is 22.3. The minimum absolute atomic E-state index is 0.0164. The molecule has 2 heterocycles. The maximum Gasteiger partial charge on any atom is 0.261 e. The number of benzene rings is 2. The fourth-order valence-electron chi connectivity index (χ4n) is 4.78. The van der Waals surface area contributed by atoms with Crippen molar-refractivity contribution in [2.45, 2.75) is 51.4 Å². The molecule has 0 amide bonds. The number of halogens is 1. The van der Waals surface area contributed by atoms with E-state index in [1.807, 2.05) is 0 Å². The summed E-state index contributed by atoms with van der Waals surface area (Å²) in [6.07, 6.45) is 0.954. The molecular weight excluding hydrogens is 494 g/mol. The van der Waals surface area contributed by atoms with Crippen molar-refractivity contribution in [3.63, 3.8) is 0 Å². The summed E-state index contributed by atoms with van der Waals surface area (Å²) in [6.45, 7) is 10.5. The van der Waals surface area contributed by atoms with Crippen LogP contribution < -0.4 is 15.7 Å². The van der Waals surface area contributed by atoms with E-state index in [4.69, 9.17) is 9.16 Å². The highest BCUT2D eigenvalue weighted by Crippen LogP contribution is 2.36. The molecular formula is C26H34BrN3O2Si. The molecule has 2 aromatic carbocycles. The molecule has 176 valence electrons. The van der Waals surface area contributed by atoms with E-state index in [0.29, 0.717) is 25.9 Å². The topological polar surface area (TPSA) is 48.3 Å². The van der Waals surface area contributed by atoms with Crippen LogP contribution in [0.2, 0.25) is 5.04 Å². The van der Waals surface area contributed by atoms with Gasteiger partial charge in [-0.25, -0.2) is 0 Å². The van der Waals surface area contributed by atoms with Gasteiger partial charge in [0.2, 0.25) is 0 Å². The molecule has 0 fully saturated rings. The van der Waals surface area contributed by atoms with E-state index in [1.54, 1.807) is 0 Å². The molecule has 3 aromatic rings. The summed E-state index contributed by atoms with van der Waals surface area (Å²) in [4.78, 5) is 0. The van der Waals surface area contributed by atoms with E-state index in [0.717, 1.165) is 24.1 Å². The minimum Gasteiger partial charge on any atom is -0.405 e. The van der Waals surface area contributed by atoms with Crippen molar-refractivity contribution in [1.82, 2.24) is 15.1 Å². The van der Waals surface area contributed by atoms with Crippen LogP contribution in [0.1, 0.15) is 32.9 Å². The van der Waals surface area contributed by atoms with Crippen LogP contribution >= 0.6 is 15.9 Å². The van der Waals surface area contributed by atoms with E-state index in [9.17, 15) is 0 Å². The average molecular weight is 529 g/mol. The van der Waals surface area contributed by atoms with Gasteiger partial charge in [0, 0.05) is 19.2 Å². The summed E-state index contributed by atoms with van der Waals surface area (Å²) in [7, 11) is -2.49. The Kier molecular flexibility index (Phi) is 7.86. The van der Waals surface area contributed by atoms with Gasteiger partial charge in [-0.15, -0.1) is 0 Å². The van der Waals surface area contributed by atoms with Crippen LogP contribution in [0, 0.1) is 0 Å². The lowest BCUT2D eigenvalue weighted by atomic mass is 10.1. The van der Waals surface area contributed by atoms with Crippen molar-refractivity contribution < 1.29 is 9.16 Å². The van der Waals surface area contributed by atoms with Crippen molar-refractivity contribution in [2.75, 3.05) is 19.8 Å². The number of nitrogens with zero attached hydrogens (tertiary/aromatic N) is 2. The minimum atomic E-state index is -2.49. The number of ether oxygens (including phenoxy) is 1. The zero-order chi connectivity index (χ0) is 23.3. The molecule has 1 N–H and O–H groups in total. The van der Waals surface area contributed by atoms with Crippen LogP contribution in [0.5, 0.6) is 0 Å². The van der Waals surface area contributed by atoms with Gasteiger partial charge in [0.25, 0.3) is 8.32 Å². The number of fused-ring (bicyclic) bond motifs is 1. The van der Waals surface area contributed by atoms with E-state index >= 15 is 0 Å². The first-order valence-electron chi connectivity index (χ1n) is 11.7. The Morgan fingerprint density at radius 2 is 1.64 bits per heavy atom. The quantitative estimate of drug-likeness (QED) is 0.336. The van der Waals surface area contributed by atoms with Gasteiger partial charge in [0.15, 0.2) is 0 Å². The highest BCUT2D eigenvalue weighted by molar-refractivity contribution is 9.10. The Morgan fingerprint density at radius 3 is 2.24 bits per heavy atom. The largest absolute Gasteiger partial charge is 0.405 e. The van der Waals surface area contributed by atoms with Crippen LogP contribution in [-0.4, -0.2) is 44.0 Å². The van der Waals surface area contributed by atoms with Crippen molar-refractivity contribution in [3.8, 4) is 0 Å². The second kappa shape index (κ2) is 10.7. The number of hydrogen-bond acceptors (Lipinski definition) is 4. The average Bonchev–Trinajstić information content (AvgIpc) is 3.18. The summed E-state index contributed by atoms with van der Waals surface area (Å²) in [5, 5.41) is 10.7. The normalized spacial score (nSPS) is 16.5. The van der Waals surface area contributed by atoms with Crippen molar-refractivity contribution >= 4 is 34.6 Å². The van der Waals surface area contributed by atoms with Crippen LogP contribution in [0.4, 0.5) is 0 Å². The molecule has 0 aliphatic carbocycles. The first-order chi connectivity index (χ1) is 15.9. The second-order valence-electron chi connectivity index (χ2n) is 9.63. The fourth-order valence-corrected chi connectivity index (χ4v) is 9.78. The van der Waals surface area contributed by atoms with E-state index in [-0.39, 0.29) is 5.04 Å². The summed E-state index contributed by atoms with van der Waals surface area (Å²) in [5.74, 6) is 0. The molecule has 0 saturated heterocycles. The first kappa shape index (κ1) is 24.4. The van der Waals surface area contributed by atoms with Crippen LogP contribution in [0.15, 0.2) is 71.3 Å². The third kappa shape index (κ3) is 5.49. The van der Waals surface area contributed by atoms with Crippen molar-refractivity contribution in [2.24, 2.45) is 0 Å². The molecule has 0 unspecified atom stereocenters. The van der Waals surface area contributed by atoms with Crippen LogP contribution in [0.3, 0.4) is 0 Å². The van der Waals surface area contributed by atoms with E-state index in [1.165, 1.54) is 16.1 Å². The predicted molar refractivity (Wildman–Crippen MR) is 140 cm³/mol. The van der Waals surface area contributed by atoms with Gasteiger partial charge in [0.1, 0.15) is 4.60 Å². The van der Waals surface area contributed by atoms with Crippen molar-refractivity contribution in [3.05, 3.63) is 77.0 Å². The lowest BCUT2D eigenvalue weighted by molar-refractivity contribution is 0.0873. The maximum absolute atomic E-state index is 6.89. The molecule has 7 heteroatoms. The predicted octanol–water partition coefficient (Wildman–Crippen LogP) is 4.10. The standard InChI is InChI=1S/C26H34BrN3O2Si/c1-26(2,3)33(23-10-6-4-7-11-23,24-12-8-5-9-13-24)32-17-16-31-15-14-21-20-30-22(19-28-21)18-25(27)29-30/h4-13,18,21,28H,14-17,19-20H2,1-3H3/t21-/m1/s1. The van der Waals surface area contributed by atoms with E-state index < -0.39 is 8.32 Å². The Morgan fingerprint density at radius 1 is 1.00 bits per heavy atom. The highest BCUT2D eigenvalue weighted by Gasteiger charge is 2.49. The van der Waals surface area contributed by atoms with Gasteiger partial charge in [-0.1, -0.05) is 81.4 Å². The Balaban J connectivity index is 1.36.